The van der Waals surface area contributed by atoms with Crippen LogP contribution >= 0.6 is 0 Å². The Bertz CT molecular complexity index is 368. The van der Waals surface area contributed by atoms with Gasteiger partial charge in [0.15, 0.2) is 8.32 Å². The molecule has 0 aromatic rings. The molecule has 1 heterocycles. The number of allylic oxidation sites excluding steroid dienone is 1. The topological polar surface area (TPSA) is 35.5 Å². The van der Waals surface area contributed by atoms with Crippen LogP contribution in [0.2, 0.25) is 18.1 Å². The van der Waals surface area contributed by atoms with Crippen LogP contribution < -0.4 is 0 Å². The monoisotopic (exact) mass is 298 g/mol. The molecule has 1 saturated heterocycles. The number of hydrogen-bond donors (Lipinski definition) is 0. The second-order valence-electron chi connectivity index (χ2n) is 7.56. The van der Waals surface area contributed by atoms with E-state index in [9.17, 15) is 4.79 Å². The Morgan fingerprint density at radius 3 is 2.45 bits per heavy atom. The lowest BCUT2D eigenvalue weighted by molar-refractivity contribution is -0.104. The van der Waals surface area contributed by atoms with Gasteiger partial charge in [-0.1, -0.05) is 27.7 Å². The second kappa shape index (κ2) is 6.54. The molecule has 116 valence electrons. The van der Waals surface area contributed by atoms with Gasteiger partial charge in [0.1, 0.15) is 12.4 Å². The first kappa shape index (κ1) is 17.6. The van der Waals surface area contributed by atoms with Gasteiger partial charge in [-0.05, 0) is 49.0 Å². The third-order valence-corrected chi connectivity index (χ3v) is 9.07. The lowest BCUT2D eigenvalue weighted by Crippen LogP contribution is -2.50. The van der Waals surface area contributed by atoms with Gasteiger partial charge in [0.05, 0.1) is 12.7 Å². The second-order valence-corrected chi connectivity index (χ2v) is 12.3. The molecular weight excluding hydrogens is 268 g/mol. The highest BCUT2D eigenvalue weighted by Gasteiger charge is 2.42. The quantitative estimate of drug-likeness (QED) is 0.448. The summed E-state index contributed by atoms with van der Waals surface area (Å²) < 4.78 is 12.5. The van der Waals surface area contributed by atoms with Crippen LogP contribution in [0.15, 0.2) is 11.6 Å². The van der Waals surface area contributed by atoms with Crippen molar-refractivity contribution >= 4 is 14.6 Å². The minimum atomic E-state index is -1.83. The minimum absolute atomic E-state index is 0.0656. The summed E-state index contributed by atoms with van der Waals surface area (Å²) in [5.74, 6) is 0.505. The van der Waals surface area contributed by atoms with Crippen LogP contribution in [0.5, 0.6) is 0 Å². The van der Waals surface area contributed by atoms with Gasteiger partial charge in [-0.3, -0.25) is 4.79 Å². The summed E-state index contributed by atoms with van der Waals surface area (Å²) in [6, 6.07) is 0. The van der Waals surface area contributed by atoms with Gasteiger partial charge in [0, 0.05) is 0 Å². The van der Waals surface area contributed by atoms with E-state index in [1.165, 1.54) is 0 Å². The maximum atomic E-state index is 10.7. The number of ether oxygens (including phenoxy) is 1. The van der Waals surface area contributed by atoms with Crippen molar-refractivity contribution < 1.29 is 14.0 Å². The maximum Gasteiger partial charge on any atom is 0.192 e. The molecule has 0 amide bonds. The van der Waals surface area contributed by atoms with Crippen molar-refractivity contribution in [3.63, 3.8) is 0 Å². The highest BCUT2D eigenvalue weighted by atomic mass is 28.4. The maximum absolute atomic E-state index is 10.7. The number of hydrogen-bond acceptors (Lipinski definition) is 3. The highest BCUT2D eigenvalue weighted by Crippen LogP contribution is 2.39. The van der Waals surface area contributed by atoms with E-state index in [1.807, 2.05) is 6.92 Å². The Balaban J connectivity index is 2.91. The predicted octanol–water partition coefficient (Wildman–Crippen LogP) is 3.95. The molecule has 0 unspecified atom stereocenters. The van der Waals surface area contributed by atoms with Crippen LogP contribution in [0, 0.1) is 5.92 Å². The van der Waals surface area contributed by atoms with Crippen molar-refractivity contribution in [3.05, 3.63) is 11.6 Å². The number of carbonyl (C=O) groups is 1. The molecule has 20 heavy (non-hydrogen) atoms. The Kier molecular flexibility index (Phi) is 5.76. The fourth-order valence-corrected chi connectivity index (χ4v) is 3.59. The van der Waals surface area contributed by atoms with Crippen molar-refractivity contribution in [2.75, 3.05) is 6.61 Å². The number of carbonyl (C=O) groups excluding carboxylic acids is 1. The van der Waals surface area contributed by atoms with Crippen molar-refractivity contribution in [2.45, 2.75) is 71.4 Å². The van der Waals surface area contributed by atoms with Crippen LogP contribution in [-0.2, 0) is 14.0 Å². The van der Waals surface area contributed by atoms with Crippen molar-refractivity contribution in [1.29, 1.82) is 0 Å². The van der Waals surface area contributed by atoms with Gasteiger partial charge in [-0.15, -0.1) is 0 Å². The van der Waals surface area contributed by atoms with E-state index in [0.29, 0.717) is 5.92 Å². The molecule has 0 radical (unpaired) electrons. The third-order valence-electron chi connectivity index (χ3n) is 4.56. The first-order valence-corrected chi connectivity index (χ1v) is 10.4. The molecule has 0 saturated carbocycles. The van der Waals surface area contributed by atoms with Gasteiger partial charge in [0.2, 0.25) is 0 Å². The molecule has 3 atom stereocenters. The summed E-state index contributed by atoms with van der Waals surface area (Å²) >= 11 is 0. The Hall–Kier alpha value is -0.453. The molecule has 0 aromatic heterocycles. The summed E-state index contributed by atoms with van der Waals surface area (Å²) in [6.45, 7) is 16.2. The molecule has 0 aromatic carbocycles. The van der Waals surface area contributed by atoms with Crippen LogP contribution in [0.1, 0.15) is 41.0 Å². The van der Waals surface area contributed by atoms with Crippen molar-refractivity contribution in [3.8, 4) is 0 Å². The summed E-state index contributed by atoms with van der Waals surface area (Å²) in [5, 5.41) is 0.181. The van der Waals surface area contributed by atoms with Gasteiger partial charge in [-0.2, -0.15) is 0 Å². The third kappa shape index (κ3) is 4.27. The van der Waals surface area contributed by atoms with Gasteiger partial charge >= 0.3 is 0 Å². The lowest BCUT2D eigenvalue weighted by atomic mass is 9.93. The van der Waals surface area contributed by atoms with Crippen molar-refractivity contribution in [1.82, 2.24) is 0 Å². The molecule has 1 fully saturated rings. The SMILES string of the molecule is C/C(=C\C=O)[C@@H]1OC[C@H](C)C[C@H]1O[Si](C)(C)C(C)(C)C. The average molecular weight is 298 g/mol. The fraction of sp³-hybridized carbons (Fsp3) is 0.812. The van der Waals surface area contributed by atoms with Crippen LogP contribution in [0.25, 0.3) is 0 Å². The summed E-state index contributed by atoms with van der Waals surface area (Å²) in [7, 11) is -1.83. The molecule has 3 nitrogen and oxygen atoms in total. The summed E-state index contributed by atoms with van der Waals surface area (Å²) in [4.78, 5) is 10.7. The van der Waals surface area contributed by atoms with Crippen LogP contribution in [0.4, 0.5) is 0 Å². The van der Waals surface area contributed by atoms with Crippen LogP contribution in [0.3, 0.4) is 0 Å². The van der Waals surface area contributed by atoms with E-state index in [4.69, 9.17) is 9.16 Å². The summed E-state index contributed by atoms with van der Waals surface area (Å²) in [6.07, 6.45) is 3.42. The molecule has 0 bridgehead atoms. The zero-order valence-electron chi connectivity index (χ0n) is 14.0. The predicted molar refractivity (Wildman–Crippen MR) is 85.4 cm³/mol. The van der Waals surface area contributed by atoms with E-state index in [0.717, 1.165) is 24.9 Å². The Morgan fingerprint density at radius 2 is 1.95 bits per heavy atom. The zero-order chi connectivity index (χ0) is 15.6. The molecule has 0 spiro atoms. The van der Waals surface area contributed by atoms with Crippen LogP contribution in [-0.4, -0.2) is 33.4 Å². The molecule has 0 N–H and O–H groups in total. The van der Waals surface area contributed by atoms with E-state index in [-0.39, 0.29) is 17.2 Å². The summed E-state index contributed by atoms with van der Waals surface area (Å²) in [5.41, 5.74) is 0.968. The fourth-order valence-electron chi connectivity index (χ4n) is 2.26. The number of rotatable bonds is 4. The first-order chi connectivity index (χ1) is 9.08. The molecule has 1 rings (SSSR count). The number of aldehydes is 1. The first-order valence-electron chi connectivity index (χ1n) is 7.50. The smallest absolute Gasteiger partial charge is 0.192 e. The minimum Gasteiger partial charge on any atom is -0.411 e. The lowest BCUT2D eigenvalue weighted by Gasteiger charge is -2.44. The zero-order valence-corrected chi connectivity index (χ0v) is 15.0. The van der Waals surface area contributed by atoms with Gasteiger partial charge in [-0.25, -0.2) is 0 Å². The van der Waals surface area contributed by atoms with E-state index in [2.05, 4.69) is 40.8 Å². The van der Waals surface area contributed by atoms with Gasteiger partial charge < -0.3 is 9.16 Å². The molecule has 0 aliphatic carbocycles. The van der Waals surface area contributed by atoms with E-state index >= 15 is 0 Å². The molecule has 1 aliphatic heterocycles. The van der Waals surface area contributed by atoms with E-state index in [1.54, 1.807) is 6.08 Å². The van der Waals surface area contributed by atoms with Gasteiger partial charge in [0.25, 0.3) is 0 Å². The average Bonchev–Trinajstić information content (AvgIpc) is 2.27. The van der Waals surface area contributed by atoms with E-state index < -0.39 is 8.32 Å². The molecule has 4 heteroatoms. The highest BCUT2D eigenvalue weighted by molar-refractivity contribution is 6.74. The van der Waals surface area contributed by atoms with Crippen molar-refractivity contribution in [2.24, 2.45) is 5.92 Å². The Morgan fingerprint density at radius 1 is 1.35 bits per heavy atom. The normalized spacial score (nSPS) is 29.4. The largest absolute Gasteiger partial charge is 0.411 e. The Labute approximate surface area is 124 Å². The molecule has 1 aliphatic rings. The molecular formula is C16H30O3Si. The standard InChI is InChI=1S/C16H30O3Si/c1-12-10-14(19-20(6,7)16(3,4)5)15(18-11-12)13(2)8-9-17/h8-9,12,14-15H,10-11H2,1-7H3/b13-8+/t12-,14-,15+/m1/s1.